The lowest BCUT2D eigenvalue weighted by Gasteiger charge is -2.32. The van der Waals surface area contributed by atoms with Crippen molar-refractivity contribution < 1.29 is 14.7 Å². The van der Waals surface area contributed by atoms with Gasteiger partial charge in [-0.25, -0.2) is 0 Å². The monoisotopic (exact) mass is 353 g/mol. The Hall–Kier alpha value is -2.36. The van der Waals surface area contributed by atoms with Crippen LogP contribution < -0.4 is 0 Å². The first kappa shape index (κ1) is 18.4. The number of aryl methyl sites for hydroxylation is 1. The van der Waals surface area contributed by atoms with Gasteiger partial charge in [-0.05, 0) is 54.4 Å². The van der Waals surface area contributed by atoms with Crippen molar-refractivity contribution in [2.45, 2.75) is 44.9 Å². The molecule has 0 radical (unpaired) electrons. The van der Waals surface area contributed by atoms with Gasteiger partial charge >= 0.3 is 5.97 Å². The van der Waals surface area contributed by atoms with Gasteiger partial charge in [0.15, 0.2) is 0 Å². The molecule has 1 saturated heterocycles. The topological polar surface area (TPSA) is 57.6 Å². The van der Waals surface area contributed by atoms with Crippen molar-refractivity contribution in [2.24, 2.45) is 5.92 Å². The lowest BCUT2D eigenvalue weighted by Crippen LogP contribution is -2.40. The number of carboxylic acids is 1. The van der Waals surface area contributed by atoms with Crippen LogP contribution >= 0.6 is 0 Å². The number of rotatable bonds is 7. The van der Waals surface area contributed by atoms with E-state index in [0.717, 1.165) is 38.8 Å². The molecule has 1 aliphatic heterocycles. The van der Waals surface area contributed by atoms with E-state index in [1.54, 1.807) is 0 Å². The van der Waals surface area contributed by atoms with E-state index in [-0.39, 0.29) is 12.3 Å². The number of amides is 1. The predicted molar refractivity (Wildman–Crippen MR) is 103 cm³/mol. The summed E-state index contributed by atoms with van der Waals surface area (Å²) in [4.78, 5) is 25.2. The fraction of sp³-hybridized carbons (Fsp3) is 0.455. The van der Waals surface area contributed by atoms with Gasteiger partial charge in [-0.3, -0.25) is 9.59 Å². The minimum Gasteiger partial charge on any atom is -0.481 e. The van der Waals surface area contributed by atoms with Gasteiger partial charge in [0.25, 0.3) is 0 Å². The minimum atomic E-state index is -0.746. The average Bonchev–Trinajstić information content (AvgIpc) is 2.66. The first-order valence-corrected chi connectivity index (χ1v) is 9.59. The first-order valence-electron chi connectivity index (χ1n) is 9.59. The van der Waals surface area contributed by atoms with E-state index in [1.807, 2.05) is 17.0 Å². The molecular formula is C22H27NO3. The highest BCUT2D eigenvalue weighted by Gasteiger charge is 2.23. The highest BCUT2D eigenvalue weighted by molar-refractivity contribution is 5.83. The molecule has 1 atom stereocenters. The molecule has 4 heteroatoms. The number of aliphatic carboxylic acids is 1. The lowest BCUT2D eigenvalue weighted by molar-refractivity contribution is -0.137. The molecule has 0 spiro atoms. The third-order valence-electron chi connectivity index (χ3n) is 5.31. The van der Waals surface area contributed by atoms with Gasteiger partial charge in [0.2, 0.25) is 5.91 Å². The van der Waals surface area contributed by atoms with E-state index in [2.05, 4.69) is 30.3 Å². The summed E-state index contributed by atoms with van der Waals surface area (Å²) in [5.74, 6) is -0.195. The van der Waals surface area contributed by atoms with Gasteiger partial charge in [0.05, 0.1) is 0 Å². The maximum atomic E-state index is 12.5. The summed E-state index contributed by atoms with van der Waals surface area (Å²) in [5.41, 5.74) is 1.27. The standard InChI is InChI=1S/C22H27NO3/c24-21(23-14-4-6-18(16-23)11-13-22(25)26)9-3-5-17-10-12-19-7-1-2-8-20(19)15-17/h1-2,7-8,10,12,15,18H,3-6,9,11,13-14,16H2,(H,25,26). The Morgan fingerprint density at radius 3 is 2.69 bits per heavy atom. The minimum absolute atomic E-state index is 0.203. The van der Waals surface area contributed by atoms with Crippen molar-refractivity contribution in [1.29, 1.82) is 0 Å². The Bertz CT molecular complexity index is 771. The van der Waals surface area contributed by atoms with Crippen LogP contribution in [-0.2, 0) is 16.0 Å². The van der Waals surface area contributed by atoms with Crippen LogP contribution in [0.15, 0.2) is 42.5 Å². The lowest BCUT2D eigenvalue weighted by atomic mass is 9.93. The zero-order valence-electron chi connectivity index (χ0n) is 15.2. The van der Waals surface area contributed by atoms with E-state index in [1.165, 1.54) is 16.3 Å². The Kier molecular flexibility index (Phi) is 6.26. The van der Waals surface area contributed by atoms with E-state index in [0.29, 0.717) is 18.8 Å². The Balaban J connectivity index is 1.46. The summed E-state index contributed by atoms with van der Waals surface area (Å²) in [6.07, 6.45) is 5.23. The summed E-state index contributed by atoms with van der Waals surface area (Å²) in [6, 6.07) is 14.8. The number of nitrogens with zero attached hydrogens (tertiary/aromatic N) is 1. The Morgan fingerprint density at radius 1 is 1.08 bits per heavy atom. The molecule has 1 N–H and O–H groups in total. The van der Waals surface area contributed by atoms with Crippen LogP contribution in [0.3, 0.4) is 0 Å². The molecular weight excluding hydrogens is 326 g/mol. The van der Waals surface area contributed by atoms with Crippen LogP contribution in [-0.4, -0.2) is 35.0 Å². The van der Waals surface area contributed by atoms with Crippen molar-refractivity contribution in [3.05, 3.63) is 48.0 Å². The number of carbonyl (C=O) groups is 2. The molecule has 138 valence electrons. The second-order valence-electron chi connectivity index (χ2n) is 7.32. The summed E-state index contributed by atoms with van der Waals surface area (Å²) in [6.45, 7) is 1.54. The van der Waals surface area contributed by atoms with Crippen molar-refractivity contribution in [3.63, 3.8) is 0 Å². The molecule has 4 nitrogen and oxygen atoms in total. The fourth-order valence-corrected chi connectivity index (χ4v) is 3.85. The van der Waals surface area contributed by atoms with Crippen LogP contribution in [0.5, 0.6) is 0 Å². The molecule has 0 saturated carbocycles. The molecule has 1 aliphatic rings. The van der Waals surface area contributed by atoms with Crippen LogP contribution in [0.25, 0.3) is 10.8 Å². The third kappa shape index (κ3) is 5.07. The molecule has 0 aromatic heterocycles. The second kappa shape index (κ2) is 8.84. The maximum Gasteiger partial charge on any atom is 0.303 e. The first-order chi connectivity index (χ1) is 12.6. The molecule has 1 amide bonds. The van der Waals surface area contributed by atoms with Crippen LogP contribution in [0.1, 0.15) is 44.1 Å². The Labute approximate surface area is 154 Å². The predicted octanol–water partition coefficient (Wildman–Crippen LogP) is 4.27. The average molecular weight is 353 g/mol. The number of hydrogen-bond acceptors (Lipinski definition) is 2. The van der Waals surface area contributed by atoms with Gasteiger partial charge in [-0.15, -0.1) is 0 Å². The molecule has 3 rings (SSSR count). The molecule has 0 bridgehead atoms. The van der Waals surface area contributed by atoms with E-state index in [9.17, 15) is 9.59 Å². The zero-order chi connectivity index (χ0) is 18.4. The summed E-state index contributed by atoms with van der Waals surface area (Å²) in [7, 11) is 0. The van der Waals surface area contributed by atoms with E-state index >= 15 is 0 Å². The SMILES string of the molecule is O=C(O)CCC1CCCN(C(=O)CCCc2ccc3ccccc3c2)C1. The highest BCUT2D eigenvalue weighted by atomic mass is 16.4. The van der Waals surface area contributed by atoms with Crippen LogP contribution in [0, 0.1) is 5.92 Å². The van der Waals surface area contributed by atoms with E-state index in [4.69, 9.17) is 5.11 Å². The van der Waals surface area contributed by atoms with Gasteiger partial charge in [-0.1, -0.05) is 42.5 Å². The van der Waals surface area contributed by atoms with Gasteiger partial charge < -0.3 is 10.0 Å². The summed E-state index contributed by atoms with van der Waals surface area (Å²) in [5, 5.41) is 11.3. The molecule has 1 fully saturated rings. The number of likely N-dealkylation sites (tertiary alicyclic amines) is 1. The van der Waals surface area contributed by atoms with Crippen molar-refractivity contribution in [1.82, 2.24) is 4.90 Å². The normalized spacial score (nSPS) is 17.4. The second-order valence-corrected chi connectivity index (χ2v) is 7.32. The fourth-order valence-electron chi connectivity index (χ4n) is 3.85. The van der Waals surface area contributed by atoms with Crippen molar-refractivity contribution in [3.8, 4) is 0 Å². The smallest absolute Gasteiger partial charge is 0.303 e. The molecule has 1 unspecified atom stereocenters. The number of carboxylic acid groups (broad SMARTS) is 1. The number of piperidine rings is 1. The Morgan fingerprint density at radius 2 is 1.88 bits per heavy atom. The highest BCUT2D eigenvalue weighted by Crippen LogP contribution is 2.22. The number of fused-ring (bicyclic) bond motifs is 1. The van der Waals surface area contributed by atoms with E-state index < -0.39 is 5.97 Å². The van der Waals surface area contributed by atoms with Gasteiger partial charge in [-0.2, -0.15) is 0 Å². The maximum absolute atomic E-state index is 12.5. The van der Waals surface area contributed by atoms with Crippen molar-refractivity contribution in [2.75, 3.05) is 13.1 Å². The largest absolute Gasteiger partial charge is 0.481 e. The molecule has 0 aliphatic carbocycles. The molecule has 2 aromatic carbocycles. The molecule has 2 aromatic rings. The number of benzene rings is 2. The van der Waals surface area contributed by atoms with Gasteiger partial charge in [0, 0.05) is 25.9 Å². The summed E-state index contributed by atoms with van der Waals surface area (Å²) >= 11 is 0. The van der Waals surface area contributed by atoms with Crippen LogP contribution in [0.2, 0.25) is 0 Å². The van der Waals surface area contributed by atoms with Gasteiger partial charge in [0.1, 0.15) is 0 Å². The quantitative estimate of drug-likeness (QED) is 0.809. The molecule has 1 heterocycles. The van der Waals surface area contributed by atoms with Crippen LogP contribution in [0.4, 0.5) is 0 Å². The molecule has 26 heavy (non-hydrogen) atoms. The number of carbonyl (C=O) groups excluding carboxylic acids is 1. The third-order valence-corrected chi connectivity index (χ3v) is 5.31. The zero-order valence-corrected chi connectivity index (χ0v) is 15.2. The van der Waals surface area contributed by atoms with Crippen molar-refractivity contribution >= 4 is 22.6 Å². The number of hydrogen-bond donors (Lipinski definition) is 1. The summed E-state index contributed by atoms with van der Waals surface area (Å²) < 4.78 is 0.